The van der Waals surface area contributed by atoms with E-state index in [9.17, 15) is 9.90 Å². The normalized spacial score (nSPS) is 10.5. The summed E-state index contributed by atoms with van der Waals surface area (Å²) in [6.45, 7) is 7.72. The van der Waals surface area contributed by atoms with Crippen LogP contribution in [0.3, 0.4) is 0 Å². The van der Waals surface area contributed by atoms with E-state index in [1.165, 1.54) is 0 Å². The van der Waals surface area contributed by atoms with Gasteiger partial charge in [0.15, 0.2) is 0 Å². The van der Waals surface area contributed by atoms with Crippen molar-refractivity contribution in [2.75, 3.05) is 13.2 Å². The number of carbonyl (C=O) groups is 1. The van der Waals surface area contributed by atoms with Crippen LogP contribution in [0.2, 0.25) is 0 Å². The van der Waals surface area contributed by atoms with Gasteiger partial charge in [-0.25, -0.2) is 23.8 Å². The van der Waals surface area contributed by atoms with Gasteiger partial charge in [-0.05, 0) is 0 Å². The molecule has 6 heteroatoms. The Bertz CT molecular complexity index is 422. The topological polar surface area (TPSA) is 46.5 Å². The molecule has 0 spiro atoms. The molecule has 0 saturated carbocycles. The van der Waals surface area contributed by atoms with Crippen molar-refractivity contribution in [3.8, 4) is 0 Å². The summed E-state index contributed by atoms with van der Waals surface area (Å²) in [5.74, 6) is -0.529. The number of hydrogen-bond acceptors (Lipinski definition) is 3. The van der Waals surface area contributed by atoms with E-state index < -0.39 is 0 Å². The summed E-state index contributed by atoms with van der Waals surface area (Å²) in [6.07, 6.45) is 0.572. The van der Waals surface area contributed by atoms with Gasteiger partial charge in [-0.15, -0.1) is 0 Å². The Hall–Kier alpha value is 1.70. The molecule has 0 bridgehead atoms. The molecule has 0 aliphatic rings. The van der Waals surface area contributed by atoms with Gasteiger partial charge in [0, 0.05) is 111 Å². The maximum Gasteiger partial charge on any atom is 0.308 e. The van der Waals surface area contributed by atoms with E-state index in [-0.39, 0.29) is 129 Å². The molecule has 1 aromatic carbocycles. The van der Waals surface area contributed by atoms with Crippen molar-refractivity contribution in [3.63, 3.8) is 0 Å². The summed E-state index contributed by atoms with van der Waals surface area (Å²) < 4.78 is 5.14. The molecule has 0 saturated heterocycles. The van der Waals surface area contributed by atoms with E-state index in [4.69, 9.17) is 4.74 Å². The first-order valence-electron chi connectivity index (χ1n) is 6.38. The van der Waals surface area contributed by atoms with E-state index in [0.717, 1.165) is 11.1 Å². The van der Waals surface area contributed by atoms with Crippen molar-refractivity contribution in [2.45, 2.75) is 20.3 Å². The summed E-state index contributed by atoms with van der Waals surface area (Å²) in [7, 11) is 0. The zero-order valence-electron chi connectivity index (χ0n) is 13.2. The molecule has 1 atom stereocenters. The first-order valence-corrected chi connectivity index (χ1v) is 6.38. The Kier molecular flexibility index (Phi) is 21.0. The molecule has 3 radical (unpaired) electrons. The molecule has 3 nitrogen and oxygen atoms in total. The Morgan fingerprint density at radius 1 is 1.36 bits per heavy atom. The van der Waals surface area contributed by atoms with Gasteiger partial charge in [-0.2, -0.15) is 6.58 Å². The summed E-state index contributed by atoms with van der Waals surface area (Å²) in [4.78, 5) is 11.4. The fourth-order valence-corrected chi connectivity index (χ4v) is 1.57. The second-order valence-electron chi connectivity index (χ2n) is 4.84. The van der Waals surface area contributed by atoms with Gasteiger partial charge >= 0.3 is 5.97 Å². The largest absolute Gasteiger partial charge is 0.465 e. The number of ether oxygens (including phenoxy) is 1. The van der Waals surface area contributed by atoms with E-state index >= 15 is 0 Å². The van der Waals surface area contributed by atoms with Gasteiger partial charge in [0.2, 0.25) is 0 Å². The third-order valence-corrected chi connectivity index (χ3v) is 2.76. The zero-order valence-corrected chi connectivity index (χ0v) is 21.7. The molecule has 113 valence electrons. The minimum Gasteiger partial charge on any atom is -0.465 e. The van der Waals surface area contributed by atoms with Crippen LogP contribution < -0.4 is 0 Å². The molecule has 0 unspecified atom stereocenters. The minimum atomic E-state index is -0.245. The quantitative estimate of drug-likeness (QED) is 0.439. The molecule has 1 N–H and O–H groups in total. The van der Waals surface area contributed by atoms with Gasteiger partial charge in [-0.1, -0.05) is 20.3 Å². The van der Waals surface area contributed by atoms with Crippen molar-refractivity contribution < 1.29 is 113 Å². The molecule has 0 amide bonds. The maximum absolute atomic E-state index is 11.4. The molecular weight excluding hydrogens is 507 g/mol. The fraction of sp³-hybridized carbons (Fsp3) is 0.438. The number of carbonyl (C=O) groups excluding carboxylic acids is 1. The smallest absolute Gasteiger partial charge is 0.308 e. The van der Waals surface area contributed by atoms with Crippen molar-refractivity contribution in [2.24, 2.45) is 11.8 Å². The second kappa shape index (κ2) is 16.2. The van der Waals surface area contributed by atoms with Crippen LogP contribution in [0.25, 0.3) is 5.57 Å². The minimum absolute atomic E-state index is 0. The SMILES string of the molecule is C=C(C[C@@H](CO)COC(=O)C(C)C)c1[c-]c[c-]cc1.[Y].[Y].[Y]. The molecule has 22 heavy (non-hydrogen) atoms. The van der Waals surface area contributed by atoms with Crippen LogP contribution >= 0.6 is 0 Å². The van der Waals surface area contributed by atoms with E-state index in [1.54, 1.807) is 26.0 Å². The first kappa shape index (κ1) is 28.5. The van der Waals surface area contributed by atoms with Crippen LogP contribution in [-0.4, -0.2) is 24.3 Å². The molecule has 0 fully saturated rings. The predicted octanol–water partition coefficient (Wildman–Crippen LogP) is 2.49. The van der Waals surface area contributed by atoms with Crippen molar-refractivity contribution in [1.82, 2.24) is 0 Å². The number of benzene rings is 1. The number of allylic oxidation sites excluding steroid dienone is 1. The van der Waals surface area contributed by atoms with Crippen molar-refractivity contribution >= 4 is 11.5 Å². The molecule has 0 aliphatic heterocycles. The Balaban J connectivity index is -0.00000120. The standard InChI is InChI=1S/C16H20O3.3Y/c1-12(2)16(18)19-11-14(10-17)9-13(3)15-7-5-4-6-8-15;;;/h5-7,12,14,17H,3,9-11H2,1-2H3;;;/q-2;;;/t14-;;;/m0.../s1. The van der Waals surface area contributed by atoms with Crippen LogP contribution in [0.5, 0.6) is 0 Å². The number of hydrogen-bond donors (Lipinski definition) is 1. The van der Waals surface area contributed by atoms with Crippen LogP contribution in [0.15, 0.2) is 24.8 Å². The Morgan fingerprint density at radius 3 is 2.45 bits per heavy atom. The number of aliphatic hydroxyl groups is 1. The summed E-state index contributed by atoms with van der Waals surface area (Å²) >= 11 is 0. The van der Waals surface area contributed by atoms with Gasteiger partial charge in [0.1, 0.15) is 0 Å². The Morgan fingerprint density at radius 2 is 2.00 bits per heavy atom. The molecule has 1 rings (SSSR count). The van der Waals surface area contributed by atoms with E-state index in [0.29, 0.717) is 6.42 Å². The second-order valence-corrected chi connectivity index (χ2v) is 4.84. The van der Waals surface area contributed by atoms with Crippen molar-refractivity contribution in [3.05, 3.63) is 42.5 Å². The van der Waals surface area contributed by atoms with Gasteiger partial charge < -0.3 is 9.84 Å². The van der Waals surface area contributed by atoms with Crippen LogP contribution in [0.4, 0.5) is 0 Å². The van der Waals surface area contributed by atoms with Crippen LogP contribution in [0, 0.1) is 24.0 Å². The molecule has 0 heterocycles. The number of rotatable bonds is 7. The van der Waals surface area contributed by atoms with Gasteiger partial charge in [-0.3, -0.25) is 22.5 Å². The zero-order chi connectivity index (χ0) is 14.3. The average molecular weight is 527 g/mol. The Labute approximate surface area is 209 Å². The van der Waals surface area contributed by atoms with Crippen LogP contribution in [0.1, 0.15) is 25.8 Å². The molecule has 0 aliphatic carbocycles. The molecular formula is C16H20O3Y3-2. The van der Waals surface area contributed by atoms with Crippen molar-refractivity contribution in [1.29, 1.82) is 0 Å². The third-order valence-electron chi connectivity index (χ3n) is 2.76. The number of esters is 1. The monoisotopic (exact) mass is 527 g/mol. The van der Waals surface area contributed by atoms with Gasteiger partial charge in [0.25, 0.3) is 0 Å². The summed E-state index contributed by atoms with van der Waals surface area (Å²) in [5.41, 5.74) is 1.76. The third kappa shape index (κ3) is 11.3. The van der Waals surface area contributed by atoms with Gasteiger partial charge in [0.05, 0.1) is 12.5 Å². The average Bonchev–Trinajstić information content (AvgIpc) is 2.43. The summed E-state index contributed by atoms with van der Waals surface area (Å²) in [5, 5.41) is 9.32. The van der Waals surface area contributed by atoms with E-state index in [2.05, 4.69) is 18.7 Å². The summed E-state index contributed by atoms with van der Waals surface area (Å²) in [6, 6.07) is 11.3. The van der Waals surface area contributed by atoms with Crippen LogP contribution in [-0.2, 0) is 108 Å². The predicted molar refractivity (Wildman–Crippen MR) is 74.1 cm³/mol. The first-order chi connectivity index (χ1) is 9.04. The number of aliphatic hydroxyl groups excluding tert-OH is 1. The van der Waals surface area contributed by atoms with E-state index in [1.807, 2.05) is 6.07 Å². The molecule has 1 aromatic rings. The maximum atomic E-state index is 11.4. The molecule has 0 aromatic heterocycles. The fourth-order valence-electron chi connectivity index (χ4n) is 1.57.